The molecule has 18 nitrogen and oxygen atoms in total. The van der Waals surface area contributed by atoms with E-state index >= 15 is 0 Å². The van der Waals surface area contributed by atoms with Gasteiger partial charge in [0.2, 0.25) is 11.9 Å². The van der Waals surface area contributed by atoms with Gasteiger partial charge in [-0.2, -0.15) is 4.98 Å². The molecule has 0 bridgehead atoms. The van der Waals surface area contributed by atoms with Crippen LogP contribution in [0.25, 0.3) is 11.2 Å². The van der Waals surface area contributed by atoms with Gasteiger partial charge in [0.1, 0.15) is 17.6 Å². The molecule has 0 spiro atoms. The number of benzene rings is 1. The van der Waals surface area contributed by atoms with Crippen LogP contribution in [0.5, 0.6) is 0 Å². The molecule has 2 amide bonds. The average molecular weight is 760 g/mol. The molecule has 3 aromatic rings. The minimum absolute atomic E-state index is 0.0213. The van der Waals surface area contributed by atoms with Crippen LogP contribution in [0.15, 0.2) is 35.3 Å². The van der Waals surface area contributed by atoms with E-state index in [0.717, 1.165) is 5.75 Å². The molecule has 0 aliphatic carbocycles. The third-order valence-corrected chi connectivity index (χ3v) is 9.95. The largest absolute Gasteiger partial charge is 0.481 e. The van der Waals surface area contributed by atoms with E-state index in [9.17, 15) is 43.8 Å². The van der Waals surface area contributed by atoms with Crippen molar-refractivity contribution in [1.29, 1.82) is 0 Å². The third-order valence-electron chi connectivity index (χ3n) is 7.46. The second-order valence-corrected chi connectivity index (χ2v) is 14.3. The van der Waals surface area contributed by atoms with Crippen LogP contribution in [0, 0.1) is 5.92 Å². The number of aromatic amines is 1. The Morgan fingerprint density at radius 1 is 1.00 bits per heavy atom. The number of hydrogen-bond donors (Lipinski definition) is 8. The van der Waals surface area contributed by atoms with E-state index in [1.54, 1.807) is 24.3 Å². The van der Waals surface area contributed by atoms with Crippen LogP contribution >= 0.6 is 21.6 Å². The lowest BCUT2D eigenvalue weighted by Gasteiger charge is -2.20. The van der Waals surface area contributed by atoms with Crippen LogP contribution in [0.1, 0.15) is 61.5 Å². The number of carboxylic acids is 2. The Balaban J connectivity index is 1.37. The van der Waals surface area contributed by atoms with E-state index in [1.807, 2.05) is 6.92 Å². The molecule has 280 valence electrons. The summed E-state index contributed by atoms with van der Waals surface area (Å²) in [5, 5.41) is 26.8. The zero-order valence-electron chi connectivity index (χ0n) is 28.3. The van der Waals surface area contributed by atoms with E-state index in [-0.39, 0.29) is 66.9 Å². The lowest BCUT2D eigenvalue weighted by atomic mass is 9.92. The second-order valence-electron chi connectivity index (χ2n) is 11.5. The molecule has 52 heavy (non-hydrogen) atoms. The van der Waals surface area contributed by atoms with Crippen molar-refractivity contribution < 1.29 is 39.0 Å². The number of carbonyl (C=O) groups is 6. The zero-order chi connectivity index (χ0) is 38.2. The van der Waals surface area contributed by atoms with Crippen LogP contribution in [0.2, 0.25) is 0 Å². The molecule has 0 radical (unpaired) electrons. The molecule has 10 N–H and O–H groups in total. The summed E-state index contributed by atoms with van der Waals surface area (Å²) < 4.78 is 0. The van der Waals surface area contributed by atoms with Crippen LogP contribution < -0.4 is 33.0 Å². The Kier molecular flexibility index (Phi) is 16.4. The number of carboxylic acid groups (broad SMARTS) is 2. The first-order valence-electron chi connectivity index (χ1n) is 16.2. The highest BCUT2D eigenvalue weighted by Gasteiger charge is 2.30. The first-order chi connectivity index (χ1) is 24.8. The highest BCUT2D eigenvalue weighted by Crippen LogP contribution is 2.22. The van der Waals surface area contributed by atoms with Gasteiger partial charge in [0.15, 0.2) is 11.2 Å². The Bertz CT molecular complexity index is 1810. The summed E-state index contributed by atoms with van der Waals surface area (Å²) in [5.74, 6) is -5.26. The number of nitrogens with one attached hydrogen (secondary N) is 4. The number of nitrogens with two attached hydrogens (primary N) is 2. The fourth-order valence-corrected chi connectivity index (χ4v) is 6.53. The predicted octanol–water partition coefficient (Wildman–Crippen LogP) is 1.11. The molecular weight excluding hydrogens is 719 g/mol. The van der Waals surface area contributed by atoms with Gasteiger partial charge in [-0.25, -0.2) is 14.8 Å². The molecule has 3 unspecified atom stereocenters. The maximum absolute atomic E-state index is 12.7. The smallest absolute Gasteiger partial charge is 0.327 e. The number of Topliss-reactive ketones (excluding diaryl/α,β-unsaturated/α-hetero) is 2. The number of nitrogen functional groups attached to an aromatic ring is 1. The Morgan fingerprint density at radius 3 is 2.40 bits per heavy atom. The van der Waals surface area contributed by atoms with Crippen molar-refractivity contribution in [2.24, 2.45) is 11.7 Å². The Labute approximate surface area is 305 Å². The Morgan fingerprint density at radius 2 is 1.73 bits per heavy atom. The number of aromatic nitrogens is 4. The van der Waals surface area contributed by atoms with Gasteiger partial charge in [-0.05, 0) is 37.1 Å². The molecular formula is C32H41N9O9S2. The maximum atomic E-state index is 12.7. The molecule has 2 heterocycles. The number of ketones is 2. The predicted molar refractivity (Wildman–Crippen MR) is 195 cm³/mol. The van der Waals surface area contributed by atoms with Gasteiger partial charge in [-0.15, -0.1) is 0 Å². The van der Waals surface area contributed by atoms with E-state index in [1.165, 1.54) is 27.8 Å². The lowest BCUT2D eigenvalue weighted by Crippen LogP contribution is -2.46. The molecule has 0 fully saturated rings. The van der Waals surface area contributed by atoms with Gasteiger partial charge in [-0.3, -0.25) is 33.8 Å². The summed E-state index contributed by atoms with van der Waals surface area (Å²) in [4.78, 5) is 100. The fourth-order valence-electron chi connectivity index (χ4n) is 4.71. The van der Waals surface area contributed by atoms with E-state index in [4.69, 9.17) is 11.5 Å². The fraction of sp³-hybridized carbons (Fsp3) is 0.438. The molecule has 1 aromatic carbocycles. The number of rotatable bonds is 23. The maximum Gasteiger partial charge on any atom is 0.327 e. The van der Waals surface area contributed by atoms with Gasteiger partial charge < -0.3 is 37.6 Å². The summed E-state index contributed by atoms with van der Waals surface area (Å²) in [5.41, 5.74) is 12.8. The number of aliphatic carboxylic acids is 2. The number of anilines is 2. The molecule has 0 saturated heterocycles. The SMILES string of the molecule is CCSSCC(NC(=O)C(CC(=O)O)CC(=O)C(N)CCC(=O)CCCNC(=O)c1ccc(NCc2cnc3nc(N)[nH]c(=O)c3n2)cc1)C(=O)O. The number of fused-ring (bicyclic) bond motifs is 1. The molecule has 0 aliphatic rings. The summed E-state index contributed by atoms with van der Waals surface area (Å²) >= 11 is 0. The van der Waals surface area contributed by atoms with Crippen molar-refractivity contribution in [3.63, 3.8) is 0 Å². The third kappa shape index (κ3) is 13.6. The molecule has 0 aliphatic heterocycles. The van der Waals surface area contributed by atoms with Crippen molar-refractivity contribution >= 4 is 79.7 Å². The quantitative estimate of drug-likeness (QED) is 0.0496. The van der Waals surface area contributed by atoms with Gasteiger partial charge in [-0.1, -0.05) is 28.5 Å². The highest BCUT2D eigenvalue weighted by atomic mass is 33.1. The first kappa shape index (κ1) is 41.3. The van der Waals surface area contributed by atoms with E-state index in [2.05, 4.69) is 35.9 Å². The summed E-state index contributed by atoms with van der Waals surface area (Å²) in [6, 6.07) is 4.24. The Hall–Kier alpha value is -5.08. The van der Waals surface area contributed by atoms with Crippen LogP contribution in [-0.4, -0.2) is 95.6 Å². The minimum atomic E-state index is -1.34. The number of hydrogen-bond acceptors (Lipinski definition) is 15. The van der Waals surface area contributed by atoms with Crippen LogP contribution in [0.4, 0.5) is 11.6 Å². The van der Waals surface area contributed by atoms with Gasteiger partial charge in [0.05, 0.1) is 36.8 Å². The summed E-state index contributed by atoms with van der Waals surface area (Å²) in [7, 11) is 2.65. The monoisotopic (exact) mass is 759 g/mol. The standard InChI is InChI=1S/C32H41N9O9S2/c1-2-51-52-16-23(31(49)50)39-29(47)18(13-25(44)45)12-24(43)22(33)10-9-21(42)4-3-11-35-28(46)17-5-7-19(8-6-17)36-14-20-15-37-27-26(38-20)30(48)41-32(34)40-27/h5-8,15,18,22-23,36H,2-4,9-14,16,33H2,1H3,(H,35,46)(H,39,47)(H,44,45)(H,49,50)(H3,34,37,40,41,48). The average Bonchev–Trinajstić information content (AvgIpc) is 3.10. The van der Waals surface area contributed by atoms with Crippen molar-refractivity contribution in [3.05, 3.63) is 52.1 Å². The molecule has 2 aromatic heterocycles. The second kappa shape index (κ2) is 20.7. The van der Waals surface area contributed by atoms with Crippen molar-refractivity contribution in [2.45, 2.75) is 64.1 Å². The minimum Gasteiger partial charge on any atom is -0.481 e. The summed E-state index contributed by atoms with van der Waals surface area (Å²) in [6.07, 6.45) is 0.658. The molecule has 0 saturated carbocycles. The molecule has 20 heteroatoms. The molecule has 3 rings (SSSR count). The number of H-pyrrole nitrogens is 1. The van der Waals surface area contributed by atoms with Gasteiger partial charge in [0.25, 0.3) is 11.5 Å². The number of nitrogens with zero attached hydrogens (tertiary/aromatic N) is 3. The number of carbonyl (C=O) groups excluding carboxylic acids is 4. The van der Waals surface area contributed by atoms with Gasteiger partial charge >= 0.3 is 11.9 Å². The van der Waals surface area contributed by atoms with Gasteiger partial charge in [0, 0.05) is 48.6 Å². The molecule has 3 atom stereocenters. The highest BCUT2D eigenvalue weighted by molar-refractivity contribution is 8.76. The normalized spacial score (nSPS) is 12.7. The van der Waals surface area contributed by atoms with Crippen molar-refractivity contribution in [2.75, 3.05) is 29.1 Å². The van der Waals surface area contributed by atoms with E-state index < -0.39 is 60.0 Å². The lowest BCUT2D eigenvalue weighted by molar-refractivity contribution is -0.144. The van der Waals surface area contributed by atoms with Crippen molar-refractivity contribution in [1.82, 2.24) is 30.6 Å². The number of amides is 2. The topological polar surface area (TPSA) is 303 Å². The van der Waals surface area contributed by atoms with Crippen molar-refractivity contribution in [3.8, 4) is 0 Å². The van der Waals surface area contributed by atoms with Crippen LogP contribution in [-0.2, 0) is 30.5 Å². The zero-order valence-corrected chi connectivity index (χ0v) is 29.9. The van der Waals surface area contributed by atoms with Crippen LogP contribution in [0.3, 0.4) is 0 Å². The first-order valence-corrected chi connectivity index (χ1v) is 18.7. The van der Waals surface area contributed by atoms with E-state index in [0.29, 0.717) is 23.4 Å². The summed E-state index contributed by atoms with van der Waals surface area (Å²) in [6.45, 7) is 2.35.